The third kappa shape index (κ3) is 2.79. The Labute approximate surface area is 128 Å². The Hall–Kier alpha value is -3.19. The molecular weight excluding hydrogens is 274 g/mol. The molecule has 106 valence electrons. The van der Waals surface area contributed by atoms with Gasteiger partial charge in [-0.2, -0.15) is 5.26 Å². The van der Waals surface area contributed by atoms with Crippen molar-refractivity contribution >= 4 is 16.8 Å². The van der Waals surface area contributed by atoms with E-state index in [0.29, 0.717) is 23.2 Å². The van der Waals surface area contributed by atoms with E-state index in [9.17, 15) is 4.79 Å². The van der Waals surface area contributed by atoms with Crippen LogP contribution >= 0.6 is 0 Å². The highest BCUT2D eigenvalue weighted by Gasteiger charge is 2.10. The van der Waals surface area contributed by atoms with Crippen molar-refractivity contribution in [2.45, 2.75) is 6.54 Å². The van der Waals surface area contributed by atoms with Crippen molar-refractivity contribution in [3.63, 3.8) is 0 Å². The first-order valence-electron chi connectivity index (χ1n) is 6.89. The first-order chi connectivity index (χ1) is 10.8. The zero-order valence-electron chi connectivity index (χ0n) is 11.8. The monoisotopic (exact) mass is 287 g/mol. The Morgan fingerprint density at radius 1 is 1.14 bits per heavy atom. The molecule has 0 saturated carbocycles. The van der Waals surface area contributed by atoms with Crippen molar-refractivity contribution in [2.24, 2.45) is 0 Å². The van der Waals surface area contributed by atoms with Crippen molar-refractivity contribution in [1.29, 1.82) is 5.26 Å². The maximum atomic E-state index is 12.4. The van der Waals surface area contributed by atoms with Crippen molar-refractivity contribution in [1.82, 2.24) is 10.3 Å². The number of hydrogen-bond acceptors (Lipinski definition) is 3. The number of nitriles is 1. The van der Waals surface area contributed by atoms with Crippen LogP contribution in [0.25, 0.3) is 10.9 Å². The lowest BCUT2D eigenvalue weighted by atomic mass is 10.1. The van der Waals surface area contributed by atoms with Crippen molar-refractivity contribution in [3.05, 3.63) is 77.5 Å². The SMILES string of the molecule is N#Cc1cccc(CNC(=O)c2cccc3cccnc23)c1. The minimum atomic E-state index is -0.174. The van der Waals surface area contributed by atoms with E-state index in [1.165, 1.54) is 0 Å². The van der Waals surface area contributed by atoms with Crippen LogP contribution in [0, 0.1) is 11.3 Å². The summed E-state index contributed by atoms with van der Waals surface area (Å²) in [7, 11) is 0. The van der Waals surface area contributed by atoms with Gasteiger partial charge in [0.1, 0.15) is 0 Å². The van der Waals surface area contributed by atoms with E-state index < -0.39 is 0 Å². The van der Waals surface area contributed by atoms with E-state index in [-0.39, 0.29) is 5.91 Å². The summed E-state index contributed by atoms with van der Waals surface area (Å²) in [5.41, 5.74) is 2.71. The van der Waals surface area contributed by atoms with Crippen LogP contribution in [0.15, 0.2) is 60.8 Å². The zero-order valence-corrected chi connectivity index (χ0v) is 11.8. The molecule has 0 unspecified atom stereocenters. The van der Waals surface area contributed by atoms with Gasteiger partial charge in [0.25, 0.3) is 5.91 Å². The number of nitrogens with zero attached hydrogens (tertiary/aromatic N) is 2. The van der Waals surface area contributed by atoms with E-state index in [1.54, 1.807) is 30.5 Å². The molecule has 0 bridgehead atoms. The lowest BCUT2D eigenvalue weighted by molar-refractivity contribution is 0.0952. The minimum Gasteiger partial charge on any atom is -0.348 e. The number of carbonyl (C=O) groups is 1. The quantitative estimate of drug-likeness (QED) is 0.805. The molecule has 1 amide bonds. The Bertz CT molecular complexity index is 875. The number of hydrogen-bond donors (Lipinski definition) is 1. The smallest absolute Gasteiger partial charge is 0.253 e. The molecular formula is C18H13N3O. The highest BCUT2D eigenvalue weighted by Crippen LogP contribution is 2.16. The molecule has 0 fully saturated rings. The number of pyridine rings is 1. The van der Waals surface area contributed by atoms with E-state index >= 15 is 0 Å². The fourth-order valence-electron chi connectivity index (χ4n) is 2.32. The van der Waals surface area contributed by atoms with Gasteiger partial charge >= 0.3 is 0 Å². The average Bonchev–Trinajstić information content (AvgIpc) is 2.59. The maximum absolute atomic E-state index is 12.4. The van der Waals surface area contributed by atoms with Gasteiger partial charge in [-0.1, -0.05) is 30.3 Å². The predicted molar refractivity (Wildman–Crippen MR) is 84.1 cm³/mol. The number of para-hydroxylation sites is 1. The molecule has 0 aliphatic carbocycles. The largest absolute Gasteiger partial charge is 0.348 e. The first-order valence-corrected chi connectivity index (χ1v) is 6.89. The summed E-state index contributed by atoms with van der Waals surface area (Å²) >= 11 is 0. The molecule has 0 aliphatic heterocycles. The lowest BCUT2D eigenvalue weighted by Gasteiger charge is -2.07. The predicted octanol–water partition coefficient (Wildman–Crippen LogP) is 3.04. The van der Waals surface area contributed by atoms with Gasteiger partial charge in [0.05, 0.1) is 22.7 Å². The first kappa shape index (κ1) is 13.8. The highest BCUT2D eigenvalue weighted by molar-refractivity contribution is 6.05. The number of nitrogens with one attached hydrogen (secondary N) is 1. The minimum absolute atomic E-state index is 0.174. The Kier molecular flexibility index (Phi) is 3.80. The van der Waals surface area contributed by atoms with E-state index in [0.717, 1.165) is 10.9 Å². The molecule has 0 atom stereocenters. The number of rotatable bonds is 3. The van der Waals surface area contributed by atoms with Crippen molar-refractivity contribution < 1.29 is 4.79 Å². The van der Waals surface area contributed by atoms with E-state index in [4.69, 9.17) is 5.26 Å². The second-order valence-electron chi connectivity index (χ2n) is 4.88. The molecule has 1 heterocycles. The van der Waals surface area contributed by atoms with Crippen LogP contribution in [0.1, 0.15) is 21.5 Å². The standard InChI is InChI=1S/C18H13N3O/c19-11-13-4-1-5-14(10-13)12-21-18(22)16-8-2-6-15-7-3-9-20-17(15)16/h1-10H,12H2,(H,21,22). The van der Waals surface area contributed by atoms with Crippen LogP contribution < -0.4 is 5.32 Å². The number of amides is 1. The van der Waals surface area contributed by atoms with Crippen molar-refractivity contribution in [2.75, 3.05) is 0 Å². The van der Waals surface area contributed by atoms with Gasteiger partial charge in [0.2, 0.25) is 0 Å². The van der Waals surface area contributed by atoms with Gasteiger partial charge in [-0.3, -0.25) is 9.78 Å². The average molecular weight is 287 g/mol. The number of carbonyl (C=O) groups excluding carboxylic acids is 1. The fraction of sp³-hybridized carbons (Fsp3) is 0.0556. The van der Waals surface area contributed by atoms with Gasteiger partial charge in [0, 0.05) is 18.1 Å². The molecule has 0 saturated heterocycles. The Morgan fingerprint density at radius 3 is 2.82 bits per heavy atom. The summed E-state index contributed by atoms with van der Waals surface area (Å²) in [6.45, 7) is 0.373. The van der Waals surface area contributed by atoms with Crippen LogP contribution in [0.4, 0.5) is 0 Å². The molecule has 4 nitrogen and oxygen atoms in total. The molecule has 4 heteroatoms. The third-order valence-electron chi connectivity index (χ3n) is 3.39. The topological polar surface area (TPSA) is 65.8 Å². The normalized spacial score (nSPS) is 10.1. The molecule has 2 aromatic carbocycles. The molecule has 0 radical (unpaired) electrons. The van der Waals surface area contributed by atoms with Gasteiger partial charge in [-0.15, -0.1) is 0 Å². The molecule has 0 aliphatic rings. The summed E-state index contributed by atoms with van der Waals surface area (Å²) in [4.78, 5) is 16.7. The van der Waals surface area contributed by atoms with Crippen LogP contribution in [0.5, 0.6) is 0 Å². The van der Waals surface area contributed by atoms with E-state index in [2.05, 4.69) is 16.4 Å². The van der Waals surface area contributed by atoms with Gasteiger partial charge in [-0.25, -0.2) is 0 Å². The number of benzene rings is 2. The summed E-state index contributed by atoms with van der Waals surface area (Å²) in [6.07, 6.45) is 1.68. The fourth-order valence-corrected chi connectivity index (χ4v) is 2.32. The molecule has 3 aromatic rings. The molecule has 22 heavy (non-hydrogen) atoms. The maximum Gasteiger partial charge on any atom is 0.253 e. The second kappa shape index (κ2) is 6.06. The van der Waals surface area contributed by atoms with Crippen LogP contribution in [-0.4, -0.2) is 10.9 Å². The number of fused-ring (bicyclic) bond motifs is 1. The van der Waals surface area contributed by atoms with Gasteiger partial charge < -0.3 is 5.32 Å². The highest BCUT2D eigenvalue weighted by atomic mass is 16.1. The molecule has 3 rings (SSSR count). The Morgan fingerprint density at radius 2 is 1.95 bits per heavy atom. The van der Waals surface area contributed by atoms with Gasteiger partial charge in [0.15, 0.2) is 0 Å². The summed E-state index contributed by atoms with van der Waals surface area (Å²) < 4.78 is 0. The van der Waals surface area contributed by atoms with Gasteiger partial charge in [-0.05, 0) is 29.8 Å². The molecule has 1 aromatic heterocycles. The van der Waals surface area contributed by atoms with Crippen LogP contribution in [0.3, 0.4) is 0 Å². The molecule has 1 N–H and O–H groups in total. The Balaban J connectivity index is 1.80. The molecule has 0 spiro atoms. The third-order valence-corrected chi connectivity index (χ3v) is 3.39. The van der Waals surface area contributed by atoms with Crippen LogP contribution in [-0.2, 0) is 6.54 Å². The van der Waals surface area contributed by atoms with Crippen molar-refractivity contribution in [3.8, 4) is 6.07 Å². The zero-order chi connectivity index (χ0) is 15.4. The van der Waals surface area contributed by atoms with E-state index in [1.807, 2.05) is 30.3 Å². The lowest BCUT2D eigenvalue weighted by Crippen LogP contribution is -2.23. The summed E-state index contributed by atoms with van der Waals surface area (Å²) in [5.74, 6) is -0.174. The second-order valence-corrected chi connectivity index (χ2v) is 4.88. The summed E-state index contributed by atoms with van der Waals surface area (Å²) in [6, 6.07) is 18.6. The van der Waals surface area contributed by atoms with Crippen LogP contribution in [0.2, 0.25) is 0 Å². The summed E-state index contributed by atoms with van der Waals surface area (Å²) in [5, 5.41) is 12.7. The number of aromatic nitrogens is 1.